The predicted molar refractivity (Wildman–Crippen MR) is 119 cm³/mol. The van der Waals surface area contributed by atoms with Crippen molar-refractivity contribution in [3.05, 3.63) is 0 Å². The van der Waals surface area contributed by atoms with Crippen LogP contribution in [-0.4, -0.2) is 99.2 Å². The van der Waals surface area contributed by atoms with Crippen molar-refractivity contribution < 1.29 is 9.53 Å². The van der Waals surface area contributed by atoms with Crippen molar-refractivity contribution in [2.45, 2.75) is 38.2 Å². The maximum absolute atomic E-state index is 12.4. The molecule has 0 bridgehead atoms. The van der Waals surface area contributed by atoms with Crippen LogP contribution in [0.3, 0.4) is 0 Å². The number of ether oxygens (including phenoxy) is 1. The van der Waals surface area contributed by atoms with Gasteiger partial charge in [-0.15, -0.1) is 24.0 Å². The first-order valence-corrected chi connectivity index (χ1v) is 10.2. The number of nitrogens with one attached hydrogen (secondary N) is 1. The van der Waals surface area contributed by atoms with E-state index in [1.54, 1.807) is 0 Å². The molecule has 7 nitrogen and oxygen atoms in total. The van der Waals surface area contributed by atoms with Crippen LogP contribution < -0.4 is 5.32 Å². The Kier molecular flexibility index (Phi) is 9.58. The summed E-state index contributed by atoms with van der Waals surface area (Å²) in [5.41, 5.74) is 0. The molecule has 0 radical (unpaired) electrons. The third-order valence-corrected chi connectivity index (χ3v) is 5.98. The van der Waals surface area contributed by atoms with E-state index in [1.165, 1.54) is 32.4 Å². The van der Waals surface area contributed by atoms with Gasteiger partial charge in [0.2, 0.25) is 0 Å². The summed E-state index contributed by atoms with van der Waals surface area (Å²) in [4.78, 5) is 23.5. The lowest BCUT2D eigenvalue weighted by Gasteiger charge is -2.37. The molecule has 8 heteroatoms. The van der Waals surface area contributed by atoms with Crippen molar-refractivity contribution in [3.8, 4) is 0 Å². The van der Waals surface area contributed by atoms with Gasteiger partial charge in [0.1, 0.15) is 6.10 Å². The van der Waals surface area contributed by atoms with Gasteiger partial charge < -0.3 is 24.8 Å². The van der Waals surface area contributed by atoms with Gasteiger partial charge >= 0.3 is 0 Å². The number of piperidine rings is 1. The van der Waals surface area contributed by atoms with Crippen molar-refractivity contribution in [1.29, 1.82) is 0 Å². The van der Waals surface area contributed by atoms with Crippen LogP contribution in [0.15, 0.2) is 4.99 Å². The van der Waals surface area contributed by atoms with E-state index in [0.29, 0.717) is 0 Å². The van der Waals surface area contributed by atoms with E-state index in [-0.39, 0.29) is 36.0 Å². The molecule has 1 N–H and O–H groups in total. The molecule has 0 spiro atoms. The minimum Gasteiger partial charge on any atom is -0.368 e. The zero-order valence-electron chi connectivity index (χ0n) is 16.9. The number of halogens is 1. The molecule has 156 valence electrons. The summed E-state index contributed by atoms with van der Waals surface area (Å²) >= 11 is 0. The van der Waals surface area contributed by atoms with Crippen molar-refractivity contribution >= 4 is 35.8 Å². The molecular weight excluding hydrogens is 457 g/mol. The monoisotopic (exact) mass is 493 g/mol. The van der Waals surface area contributed by atoms with E-state index >= 15 is 0 Å². The SMILES string of the molecule is CN=C(NCCC1CCN(C)CC1)N1CCN(C(=O)C2CCCO2)CC1.I. The van der Waals surface area contributed by atoms with Gasteiger partial charge in [-0.05, 0) is 58.2 Å². The predicted octanol–water partition coefficient (Wildman–Crippen LogP) is 1.23. The second-order valence-corrected chi connectivity index (χ2v) is 7.82. The molecule has 3 aliphatic rings. The molecular formula is C19H36IN5O2. The van der Waals surface area contributed by atoms with Gasteiger partial charge in [0.05, 0.1) is 0 Å². The number of piperazine rings is 1. The lowest BCUT2D eigenvalue weighted by molar-refractivity contribution is -0.142. The molecule has 3 saturated heterocycles. The number of likely N-dealkylation sites (tertiary alicyclic amines) is 1. The lowest BCUT2D eigenvalue weighted by Crippen LogP contribution is -2.55. The van der Waals surface area contributed by atoms with Crippen LogP contribution in [-0.2, 0) is 9.53 Å². The van der Waals surface area contributed by atoms with Crippen LogP contribution in [0.25, 0.3) is 0 Å². The van der Waals surface area contributed by atoms with Crippen LogP contribution in [0.5, 0.6) is 0 Å². The Morgan fingerprint density at radius 1 is 1.07 bits per heavy atom. The Labute approximate surface area is 180 Å². The van der Waals surface area contributed by atoms with Gasteiger partial charge in [-0.1, -0.05) is 0 Å². The van der Waals surface area contributed by atoms with Gasteiger partial charge in [-0.3, -0.25) is 9.79 Å². The number of hydrogen-bond acceptors (Lipinski definition) is 4. The van der Waals surface area contributed by atoms with E-state index in [4.69, 9.17) is 4.74 Å². The molecule has 0 saturated carbocycles. The second kappa shape index (κ2) is 11.4. The first kappa shape index (κ1) is 22.7. The molecule has 1 unspecified atom stereocenters. The van der Waals surface area contributed by atoms with Crippen LogP contribution in [0.2, 0.25) is 0 Å². The smallest absolute Gasteiger partial charge is 0.251 e. The summed E-state index contributed by atoms with van der Waals surface area (Å²) in [5.74, 6) is 1.98. The molecule has 3 fully saturated rings. The number of aliphatic imine (C=N–C) groups is 1. The van der Waals surface area contributed by atoms with Crippen molar-refractivity contribution in [2.24, 2.45) is 10.9 Å². The van der Waals surface area contributed by atoms with Gasteiger partial charge in [-0.25, -0.2) is 0 Å². The van der Waals surface area contributed by atoms with Crippen molar-refractivity contribution in [2.75, 3.05) is 66.5 Å². The number of carbonyl (C=O) groups excluding carboxylic acids is 1. The second-order valence-electron chi connectivity index (χ2n) is 7.82. The molecule has 1 amide bonds. The standard InChI is InChI=1S/C19H35N5O2.HI/c1-20-19(21-8-5-16-6-9-22(2)10-7-16)24-13-11-23(12-14-24)18(25)17-4-3-15-26-17;/h16-17H,3-15H2,1-2H3,(H,20,21);1H. The fourth-order valence-corrected chi connectivity index (χ4v) is 4.19. The number of guanidine groups is 1. The van der Waals surface area contributed by atoms with Gasteiger partial charge in [0.15, 0.2) is 5.96 Å². The zero-order valence-corrected chi connectivity index (χ0v) is 19.2. The fraction of sp³-hybridized carbons (Fsp3) is 0.895. The van der Waals surface area contributed by atoms with Gasteiger partial charge in [0.25, 0.3) is 5.91 Å². The maximum atomic E-state index is 12.4. The molecule has 3 heterocycles. The maximum Gasteiger partial charge on any atom is 0.251 e. The van der Waals surface area contributed by atoms with E-state index in [0.717, 1.165) is 64.0 Å². The highest BCUT2D eigenvalue weighted by molar-refractivity contribution is 14.0. The Balaban J connectivity index is 0.00000261. The van der Waals surface area contributed by atoms with E-state index in [9.17, 15) is 4.79 Å². The highest BCUT2D eigenvalue weighted by atomic mass is 127. The van der Waals surface area contributed by atoms with Crippen LogP contribution in [0, 0.1) is 5.92 Å². The van der Waals surface area contributed by atoms with Crippen LogP contribution in [0.1, 0.15) is 32.1 Å². The van der Waals surface area contributed by atoms with Crippen molar-refractivity contribution in [3.63, 3.8) is 0 Å². The summed E-state index contributed by atoms with van der Waals surface area (Å²) in [5, 5.41) is 3.53. The molecule has 27 heavy (non-hydrogen) atoms. The molecule has 1 atom stereocenters. The summed E-state index contributed by atoms with van der Waals surface area (Å²) in [6, 6.07) is 0. The minimum absolute atomic E-state index is 0. The summed E-state index contributed by atoms with van der Waals surface area (Å²) in [7, 11) is 4.06. The van der Waals surface area contributed by atoms with E-state index in [1.807, 2.05) is 11.9 Å². The minimum atomic E-state index is -0.200. The number of rotatable bonds is 4. The fourth-order valence-electron chi connectivity index (χ4n) is 4.19. The van der Waals surface area contributed by atoms with Gasteiger partial charge in [-0.2, -0.15) is 0 Å². The van der Waals surface area contributed by atoms with Crippen LogP contribution >= 0.6 is 24.0 Å². The molecule has 3 aliphatic heterocycles. The topological polar surface area (TPSA) is 60.4 Å². The van der Waals surface area contributed by atoms with Gasteiger partial charge in [0, 0.05) is 46.4 Å². The van der Waals surface area contributed by atoms with Crippen molar-refractivity contribution in [1.82, 2.24) is 20.0 Å². The first-order chi connectivity index (χ1) is 12.7. The molecule has 0 aromatic rings. The summed E-state index contributed by atoms with van der Waals surface area (Å²) in [6.45, 7) is 7.35. The highest BCUT2D eigenvalue weighted by Gasteiger charge is 2.30. The summed E-state index contributed by atoms with van der Waals surface area (Å²) < 4.78 is 5.54. The average Bonchev–Trinajstić information content (AvgIpc) is 3.21. The Bertz CT molecular complexity index is 482. The van der Waals surface area contributed by atoms with Crippen LogP contribution in [0.4, 0.5) is 0 Å². The largest absolute Gasteiger partial charge is 0.368 e. The Morgan fingerprint density at radius 3 is 2.33 bits per heavy atom. The average molecular weight is 493 g/mol. The number of nitrogens with zero attached hydrogens (tertiary/aromatic N) is 4. The molecule has 0 aromatic carbocycles. The normalized spacial score (nSPS) is 25.4. The lowest BCUT2D eigenvalue weighted by atomic mass is 9.94. The Hall–Kier alpha value is -0.610. The molecule has 0 aliphatic carbocycles. The zero-order chi connectivity index (χ0) is 18.4. The Morgan fingerprint density at radius 2 is 1.74 bits per heavy atom. The van der Waals surface area contributed by atoms with E-state index in [2.05, 4.69) is 27.2 Å². The number of amides is 1. The quantitative estimate of drug-likeness (QED) is 0.363. The first-order valence-electron chi connectivity index (χ1n) is 10.2. The highest BCUT2D eigenvalue weighted by Crippen LogP contribution is 2.19. The number of hydrogen-bond donors (Lipinski definition) is 1. The van der Waals surface area contributed by atoms with E-state index < -0.39 is 0 Å². The third kappa shape index (κ3) is 6.45. The summed E-state index contributed by atoms with van der Waals surface area (Å²) in [6.07, 6.45) is 5.50. The number of carbonyl (C=O) groups is 1. The molecule has 3 rings (SSSR count). The third-order valence-electron chi connectivity index (χ3n) is 5.98. The molecule has 0 aromatic heterocycles.